The van der Waals surface area contributed by atoms with Crippen LogP contribution in [-0.4, -0.2) is 80.4 Å². The predicted octanol–water partition coefficient (Wildman–Crippen LogP) is 1.11. The van der Waals surface area contributed by atoms with Gasteiger partial charge in [0.25, 0.3) is 5.91 Å². The second-order valence-corrected chi connectivity index (χ2v) is 7.67. The number of piperazine rings is 1. The number of hydrogen-bond donors (Lipinski definition) is 1. The third-order valence-electron chi connectivity index (χ3n) is 5.39. The first-order valence-electron chi connectivity index (χ1n) is 10.4. The van der Waals surface area contributed by atoms with Crippen molar-refractivity contribution in [2.75, 3.05) is 63.5 Å². The highest BCUT2D eigenvalue weighted by Gasteiger charge is 2.21. The third kappa shape index (κ3) is 5.72. The molecule has 0 unspecified atom stereocenters. The number of amides is 2. The van der Waals surface area contributed by atoms with E-state index in [1.807, 2.05) is 13.0 Å². The Labute approximate surface area is 191 Å². The molecule has 3 rings (SSSR count). The topological polar surface area (TPSA) is 115 Å². The van der Waals surface area contributed by atoms with E-state index >= 15 is 0 Å². The van der Waals surface area contributed by atoms with Crippen molar-refractivity contribution in [3.63, 3.8) is 0 Å². The molecule has 1 fully saturated rings. The Kier molecular flexibility index (Phi) is 7.74. The maximum atomic E-state index is 12.7. The van der Waals surface area contributed by atoms with Gasteiger partial charge in [-0.25, -0.2) is 14.4 Å². The van der Waals surface area contributed by atoms with Crippen LogP contribution in [0.3, 0.4) is 0 Å². The van der Waals surface area contributed by atoms with Crippen LogP contribution in [0.25, 0.3) is 0 Å². The molecular formula is C22H26FN7O3. The molecule has 2 amide bonds. The number of anilines is 2. The van der Waals surface area contributed by atoms with E-state index < -0.39 is 18.7 Å². The highest BCUT2D eigenvalue weighted by molar-refractivity contribution is 5.99. The van der Waals surface area contributed by atoms with Gasteiger partial charge in [0.15, 0.2) is 0 Å². The number of carbonyl (C=O) groups is 2. The van der Waals surface area contributed by atoms with Crippen LogP contribution in [0.4, 0.5) is 15.9 Å². The Morgan fingerprint density at radius 1 is 1.30 bits per heavy atom. The third-order valence-corrected chi connectivity index (χ3v) is 5.39. The van der Waals surface area contributed by atoms with Crippen LogP contribution in [0, 0.1) is 18.3 Å². The summed E-state index contributed by atoms with van der Waals surface area (Å²) in [7, 11) is 3.52. The lowest BCUT2D eigenvalue weighted by Crippen LogP contribution is -2.45. The summed E-state index contributed by atoms with van der Waals surface area (Å²) in [6.45, 7) is 3.85. The summed E-state index contributed by atoms with van der Waals surface area (Å²) >= 11 is 0. The lowest BCUT2D eigenvalue weighted by molar-refractivity contribution is -0.117. The summed E-state index contributed by atoms with van der Waals surface area (Å²) < 4.78 is 17.6. The zero-order valence-corrected chi connectivity index (χ0v) is 18.8. The predicted molar refractivity (Wildman–Crippen MR) is 120 cm³/mol. The molecule has 1 saturated heterocycles. The zero-order chi connectivity index (χ0) is 24.0. The van der Waals surface area contributed by atoms with E-state index in [1.54, 1.807) is 6.20 Å². The number of aromatic nitrogens is 2. The minimum absolute atomic E-state index is 0.0233. The molecule has 10 nitrogen and oxygen atoms in total. The van der Waals surface area contributed by atoms with Gasteiger partial charge in [0.05, 0.1) is 23.9 Å². The summed E-state index contributed by atoms with van der Waals surface area (Å²) in [5, 5.41) is 11.5. The lowest BCUT2D eigenvalue weighted by atomic mass is 10.2. The fourth-order valence-electron chi connectivity index (χ4n) is 3.40. The van der Waals surface area contributed by atoms with Crippen molar-refractivity contribution in [1.82, 2.24) is 20.2 Å². The van der Waals surface area contributed by atoms with Crippen LogP contribution in [0.15, 0.2) is 24.4 Å². The number of aryl methyl sites for hydroxylation is 1. The van der Waals surface area contributed by atoms with Gasteiger partial charge in [-0.05, 0) is 26.1 Å². The molecule has 0 bridgehead atoms. The van der Waals surface area contributed by atoms with Crippen molar-refractivity contribution in [2.24, 2.45) is 0 Å². The number of hydrogen-bond acceptors (Lipinski definition) is 8. The van der Waals surface area contributed by atoms with E-state index in [0.29, 0.717) is 5.82 Å². The Bertz CT molecular complexity index is 1060. The van der Waals surface area contributed by atoms with Gasteiger partial charge in [0, 0.05) is 51.1 Å². The molecule has 0 atom stereocenters. The maximum Gasteiger partial charge on any atom is 0.289 e. The second-order valence-electron chi connectivity index (χ2n) is 7.67. The van der Waals surface area contributed by atoms with Gasteiger partial charge in [-0.1, -0.05) is 0 Å². The van der Waals surface area contributed by atoms with Crippen LogP contribution in [0.2, 0.25) is 0 Å². The number of nitrogens with one attached hydrogen (secondary N) is 1. The molecule has 1 aliphatic heterocycles. The molecular weight excluding hydrogens is 429 g/mol. The van der Waals surface area contributed by atoms with Crippen molar-refractivity contribution in [3.05, 3.63) is 41.3 Å². The van der Waals surface area contributed by atoms with Crippen molar-refractivity contribution in [2.45, 2.75) is 6.92 Å². The maximum absolute atomic E-state index is 12.7. The summed E-state index contributed by atoms with van der Waals surface area (Å²) in [5.74, 6) is -0.310. The fourth-order valence-corrected chi connectivity index (χ4v) is 3.40. The number of halogens is 1. The molecule has 0 saturated carbocycles. The van der Waals surface area contributed by atoms with Crippen LogP contribution in [-0.2, 0) is 4.79 Å². The minimum atomic E-state index is -1.11. The molecule has 1 aromatic carbocycles. The molecule has 2 aromatic rings. The van der Waals surface area contributed by atoms with E-state index in [0.717, 1.165) is 31.7 Å². The molecule has 1 aromatic heterocycles. The Balaban J connectivity index is 1.67. The molecule has 2 heterocycles. The molecule has 1 N–H and O–H groups in total. The van der Waals surface area contributed by atoms with Crippen LogP contribution >= 0.6 is 0 Å². The van der Waals surface area contributed by atoms with E-state index in [2.05, 4.69) is 32.1 Å². The summed E-state index contributed by atoms with van der Waals surface area (Å²) in [5.41, 5.74) is 1.41. The minimum Gasteiger partial charge on any atom is -0.461 e. The first-order valence-corrected chi connectivity index (χ1v) is 10.4. The van der Waals surface area contributed by atoms with Crippen LogP contribution < -0.4 is 19.9 Å². The fraction of sp³-hybridized carbons (Fsp3) is 0.409. The van der Waals surface area contributed by atoms with E-state index in [4.69, 9.17) is 10.00 Å². The number of ether oxygens (including phenoxy) is 1. The molecule has 174 valence electrons. The first-order chi connectivity index (χ1) is 15.8. The quantitative estimate of drug-likeness (QED) is 0.660. The van der Waals surface area contributed by atoms with E-state index in [1.165, 1.54) is 30.1 Å². The number of carbonyl (C=O) groups excluding carboxylic acids is 2. The number of likely N-dealkylation sites (N-methyl/N-ethyl adjacent to an activating group) is 2. The second kappa shape index (κ2) is 10.7. The molecule has 11 heteroatoms. The van der Waals surface area contributed by atoms with Crippen molar-refractivity contribution < 1.29 is 18.7 Å². The van der Waals surface area contributed by atoms with Crippen LogP contribution in [0.1, 0.15) is 21.7 Å². The van der Waals surface area contributed by atoms with Crippen LogP contribution in [0.5, 0.6) is 5.75 Å². The molecule has 33 heavy (non-hydrogen) atoms. The van der Waals surface area contributed by atoms with Gasteiger partial charge in [0.2, 0.25) is 18.6 Å². The molecule has 0 radical (unpaired) electrons. The summed E-state index contributed by atoms with van der Waals surface area (Å²) in [4.78, 5) is 39.3. The number of nitriles is 1. The number of nitrogens with zero attached hydrogens (tertiary/aromatic N) is 6. The van der Waals surface area contributed by atoms with E-state index in [-0.39, 0.29) is 29.4 Å². The normalized spacial score (nSPS) is 13.8. The van der Waals surface area contributed by atoms with Crippen molar-refractivity contribution in [3.8, 4) is 11.8 Å². The zero-order valence-electron chi connectivity index (χ0n) is 18.8. The first kappa shape index (κ1) is 23.9. The Morgan fingerprint density at radius 3 is 2.70 bits per heavy atom. The molecule has 0 spiro atoms. The van der Waals surface area contributed by atoms with E-state index in [9.17, 15) is 14.0 Å². The molecule has 1 aliphatic rings. The van der Waals surface area contributed by atoms with Gasteiger partial charge in [0.1, 0.15) is 11.6 Å². The Hall–Kier alpha value is -3.78. The Morgan fingerprint density at radius 2 is 2.03 bits per heavy atom. The number of benzene rings is 1. The summed E-state index contributed by atoms with van der Waals surface area (Å²) in [6, 6.07) is 6.25. The van der Waals surface area contributed by atoms with Crippen molar-refractivity contribution >= 4 is 23.3 Å². The number of alkyl halides is 1. The largest absolute Gasteiger partial charge is 0.461 e. The smallest absolute Gasteiger partial charge is 0.289 e. The standard InChI is InChI=1S/C22H26FN7O3/c1-15-12-25-20(27-21(15)30-8-6-28(2)7-9-30)22(32)26-13-19(31)29(3)17-5-4-16(11-24)10-18(17)33-14-23/h4-5,10,12H,6-9,13-14H2,1-3H3,(H,26,32). The highest BCUT2D eigenvalue weighted by atomic mass is 19.1. The average Bonchev–Trinajstić information content (AvgIpc) is 2.83. The van der Waals surface area contributed by atoms with Gasteiger partial charge in [-0.2, -0.15) is 5.26 Å². The van der Waals surface area contributed by atoms with Gasteiger partial charge >= 0.3 is 0 Å². The monoisotopic (exact) mass is 455 g/mol. The van der Waals surface area contributed by atoms with Gasteiger partial charge in [-0.3, -0.25) is 9.59 Å². The van der Waals surface area contributed by atoms with Crippen molar-refractivity contribution in [1.29, 1.82) is 5.26 Å². The number of rotatable bonds is 7. The lowest BCUT2D eigenvalue weighted by Gasteiger charge is -2.33. The SMILES string of the molecule is Cc1cnc(C(=O)NCC(=O)N(C)c2ccc(C#N)cc2OCF)nc1N1CCN(C)CC1. The molecule has 0 aliphatic carbocycles. The van der Waals surface area contributed by atoms with Gasteiger partial charge in [-0.15, -0.1) is 0 Å². The van der Waals surface area contributed by atoms with Gasteiger partial charge < -0.3 is 24.8 Å². The average molecular weight is 455 g/mol. The highest BCUT2D eigenvalue weighted by Crippen LogP contribution is 2.29. The summed E-state index contributed by atoms with van der Waals surface area (Å²) in [6.07, 6.45) is 1.60.